The van der Waals surface area contributed by atoms with E-state index in [1.54, 1.807) is 0 Å². The van der Waals surface area contributed by atoms with Gasteiger partial charge in [0.25, 0.3) is 0 Å². The zero-order chi connectivity index (χ0) is 5.86. The highest BCUT2D eigenvalue weighted by Crippen LogP contribution is 1.98. The van der Waals surface area contributed by atoms with Crippen molar-refractivity contribution in [1.82, 2.24) is 0 Å². The molecule has 0 aromatic heterocycles. The average molecular weight is 214 g/mol. The molecule has 4 N–H and O–H groups in total. The van der Waals surface area contributed by atoms with E-state index in [9.17, 15) is 0 Å². The monoisotopic (exact) mass is 214 g/mol. The SMILES string of the molecule is CCC(N)C(N)I. The summed E-state index contributed by atoms with van der Waals surface area (Å²) in [5.74, 6) is 0. The van der Waals surface area contributed by atoms with E-state index in [-0.39, 0.29) is 10.1 Å². The molecule has 0 aliphatic carbocycles. The van der Waals surface area contributed by atoms with Crippen LogP contribution in [0.2, 0.25) is 0 Å². The second-order valence-corrected chi connectivity index (χ2v) is 2.95. The van der Waals surface area contributed by atoms with Gasteiger partial charge in [-0.3, -0.25) is 0 Å². The van der Waals surface area contributed by atoms with Crippen molar-refractivity contribution in [3.8, 4) is 0 Å². The Morgan fingerprint density at radius 3 is 2.00 bits per heavy atom. The maximum atomic E-state index is 5.48. The lowest BCUT2D eigenvalue weighted by molar-refractivity contribution is 0.643. The average Bonchev–Trinajstić information content (AvgIpc) is 1.65. The molecule has 3 heteroatoms. The van der Waals surface area contributed by atoms with Gasteiger partial charge in [0.2, 0.25) is 0 Å². The van der Waals surface area contributed by atoms with Crippen LogP contribution in [0.15, 0.2) is 0 Å². The minimum absolute atomic E-state index is 0.114. The maximum Gasteiger partial charge on any atom is 0.0721 e. The minimum Gasteiger partial charge on any atom is -0.326 e. The molecule has 44 valence electrons. The van der Waals surface area contributed by atoms with Crippen LogP contribution < -0.4 is 11.5 Å². The number of rotatable bonds is 2. The third-order valence-corrected chi connectivity index (χ3v) is 1.80. The number of hydrogen-bond donors (Lipinski definition) is 2. The highest BCUT2D eigenvalue weighted by atomic mass is 127. The van der Waals surface area contributed by atoms with Gasteiger partial charge in [0.15, 0.2) is 0 Å². The zero-order valence-electron chi connectivity index (χ0n) is 4.39. The third kappa shape index (κ3) is 3.25. The van der Waals surface area contributed by atoms with Gasteiger partial charge in [-0.05, 0) is 6.42 Å². The molecule has 0 aliphatic rings. The lowest BCUT2D eigenvalue weighted by atomic mass is 10.2. The summed E-state index contributed by atoms with van der Waals surface area (Å²) in [7, 11) is 0. The Kier molecular flexibility index (Phi) is 3.96. The van der Waals surface area contributed by atoms with Crippen LogP contribution in [0.1, 0.15) is 13.3 Å². The molecule has 0 aromatic rings. The predicted octanol–water partition coefficient (Wildman–Crippen LogP) is 0.443. The second-order valence-electron chi connectivity index (χ2n) is 1.52. The first kappa shape index (κ1) is 7.65. The van der Waals surface area contributed by atoms with E-state index in [1.165, 1.54) is 0 Å². The molecule has 0 amide bonds. The van der Waals surface area contributed by atoms with Gasteiger partial charge in [0.05, 0.1) is 4.05 Å². The first-order valence-electron chi connectivity index (χ1n) is 2.33. The Bertz CT molecular complexity index is 47.0. The second kappa shape index (κ2) is 3.63. The van der Waals surface area contributed by atoms with Crippen LogP contribution in [0.3, 0.4) is 0 Å². The third-order valence-electron chi connectivity index (χ3n) is 0.880. The van der Waals surface area contributed by atoms with Crippen LogP contribution in [0.25, 0.3) is 0 Å². The Hall–Kier alpha value is 0.650. The fourth-order valence-electron chi connectivity index (χ4n) is 0.225. The Labute approximate surface area is 57.8 Å². The predicted molar refractivity (Wildman–Crippen MR) is 40.3 cm³/mol. The van der Waals surface area contributed by atoms with E-state index in [1.807, 2.05) is 6.92 Å². The highest BCUT2D eigenvalue weighted by molar-refractivity contribution is 14.1. The van der Waals surface area contributed by atoms with Crippen LogP contribution in [0, 0.1) is 0 Å². The molecule has 0 radical (unpaired) electrons. The molecular weight excluding hydrogens is 203 g/mol. The molecule has 2 unspecified atom stereocenters. The first-order valence-corrected chi connectivity index (χ1v) is 3.58. The molecule has 7 heavy (non-hydrogen) atoms. The van der Waals surface area contributed by atoms with Crippen molar-refractivity contribution >= 4 is 22.6 Å². The van der Waals surface area contributed by atoms with Gasteiger partial charge in [-0.25, -0.2) is 0 Å². The molecule has 0 saturated carbocycles. The smallest absolute Gasteiger partial charge is 0.0721 e. The lowest BCUT2D eigenvalue weighted by Crippen LogP contribution is -2.35. The number of alkyl halides is 1. The molecule has 0 aliphatic heterocycles. The number of nitrogens with two attached hydrogens (primary N) is 2. The van der Waals surface area contributed by atoms with Gasteiger partial charge in [0.1, 0.15) is 0 Å². The van der Waals surface area contributed by atoms with Crippen LogP contribution in [0.5, 0.6) is 0 Å². The van der Waals surface area contributed by atoms with E-state index < -0.39 is 0 Å². The van der Waals surface area contributed by atoms with E-state index in [0.29, 0.717) is 0 Å². The largest absolute Gasteiger partial charge is 0.326 e. The topological polar surface area (TPSA) is 52.0 Å². The Morgan fingerprint density at radius 1 is 1.57 bits per heavy atom. The van der Waals surface area contributed by atoms with Crippen molar-refractivity contribution in [2.75, 3.05) is 0 Å². The summed E-state index contributed by atoms with van der Waals surface area (Å²) in [6.07, 6.45) is 0.962. The molecule has 0 bridgehead atoms. The fourth-order valence-corrected chi connectivity index (χ4v) is 0.734. The summed E-state index contributed by atoms with van der Waals surface area (Å²) in [6.45, 7) is 2.03. The van der Waals surface area contributed by atoms with Gasteiger partial charge < -0.3 is 11.5 Å². The minimum atomic E-state index is 0.114. The van der Waals surface area contributed by atoms with Crippen LogP contribution in [-0.2, 0) is 0 Å². The molecule has 0 heterocycles. The number of halogens is 1. The number of hydrogen-bond acceptors (Lipinski definition) is 2. The van der Waals surface area contributed by atoms with E-state index in [0.717, 1.165) is 6.42 Å². The molecule has 0 rings (SSSR count). The van der Waals surface area contributed by atoms with E-state index in [2.05, 4.69) is 22.6 Å². The van der Waals surface area contributed by atoms with Gasteiger partial charge in [-0.2, -0.15) is 0 Å². The van der Waals surface area contributed by atoms with Crippen molar-refractivity contribution in [3.05, 3.63) is 0 Å². The molecule has 0 aromatic carbocycles. The molecule has 0 fully saturated rings. The standard InChI is InChI=1S/C4H11IN2/c1-2-3(6)4(5)7/h3-4H,2,6-7H2,1H3. The quantitative estimate of drug-likeness (QED) is 0.398. The van der Waals surface area contributed by atoms with E-state index >= 15 is 0 Å². The first-order chi connectivity index (χ1) is 3.18. The van der Waals surface area contributed by atoms with Gasteiger partial charge in [-0.15, -0.1) is 0 Å². The van der Waals surface area contributed by atoms with Crippen LogP contribution >= 0.6 is 22.6 Å². The van der Waals surface area contributed by atoms with Gasteiger partial charge in [-0.1, -0.05) is 29.5 Å². The van der Waals surface area contributed by atoms with Crippen molar-refractivity contribution in [2.45, 2.75) is 23.4 Å². The molecule has 0 saturated heterocycles. The lowest BCUT2D eigenvalue weighted by Gasteiger charge is -2.09. The molecule has 2 atom stereocenters. The van der Waals surface area contributed by atoms with Gasteiger partial charge in [0, 0.05) is 6.04 Å². The molecular formula is C4H11IN2. The summed E-state index contributed by atoms with van der Waals surface area (Å²) in [4.78, 5) is 0. The normalized spacial score (nSPS) is 18.9. The van der Waals surface area contributed by atoms with Gasteiger partial charge >= 0.3 is 0 Å². The summed E-state index contributed by atoms with van der Waals surface area (Å²) in [6, 6.07) is 0.167. The van der Waals surface area contributed by atoms with Crippen LogP contribution in [-0.4, -0.2) is 10.1 Å². The fraction of sp³-hybridized carbons (Fsp3) is 1.00. The van der Waals surface area contributed by atoms with Crippen molar-refractivity contribution < 1.29 is 0 Å². The summed E-state index contributed by atoms with van der Waals surface area (Å²) < 4.78 is 0.114. The Balaban J connectivity index is 3.14. The van der Waals surface area contributed by atoms with Crippen LogP contribution in [0.4, 0.5) is 0 Å². The summed E-state index contributed by atoms with van der Waals surface area (Å²) in [5, 5.41) is 0. The Morgan fingerprint density at radius 2 is 2.00 bits per heavy atom. The molecule has 2 nitrogen and oxygen atoms in total. The molecule has 0 spiro atoms. The zero-order valence-corrected chi connectivity index (χ0v) is 6.55. The van der Waals surface area contributed by atoms with Crippen molar-refractivity contribution in [2.24, 2.45) is 11.5 Å². The highest BCUT2D eigenvalue weighted by Gasteiger charge is 2.03. The summed E-state index contributed by atoms with van der Waals surface area (Å²) >= 11 is 2.12. The van der Waals surface area contributed by atoms with Crippen molar-refractivity contribution in [1.29, 1.82) is 0 Å². The van der Waals surface area contributed by atoms with Crippen molar-refractivity contribution in [3.63, 3.8) is 0 Å². The summed E-state index contributed by atoms with van der Waals surface area (Å²) in [5.41, 5.74) is 10.9. The maximum absolute atomic E-state index is 5.48. The van der Waals surface area contributed by atoms with E-state index in [4.69, 9.17) is 11.5 Å².